The van der Waals surface area contributed by atoms with Crippen molar-refractivity contribution in [2.24, 2.45) is 5.73 Å². The molecule has 0 aliphatic carbocycles. The van der Waals surface area contributed by atoms with Gasteiger partial charge in [-0.3, -0.25) is 9.59 Å². The number of halogens is 1. The molecule has 2 aromatic rings. The molecule has 0 fully saturated rings. The predicted octanol–water partition coefficient (Wildman–Crippen LogP) is 2.49. The van der Waals surface area contributed by atoms with Crippen LogP contribution in [0.3, 0.4) is 0 Å². The zero-order chi connectivity index (χ0) is 15.2. The van der Waals surface area contributed by atoms with E-state index in [1.54, 1.807) is 36.4 Å². The molecule has 0 atom stereocenters. The van der Waals surface area contributed by atoms with Crippen molar-refractivity contribution >= 4 is 34.8 Å². The van der Waals surface area contributed by atoms with Gasteiger partial charge in [-0.1, -0.05) is 23.7 Å². The molecule has 6 heteroatoms. The topological polar surface area (TPSA) is 84.2 Å². The number of nitrogens with two attached hydrogens (primary N) is 1. The number of rotatable bonds is 5. The van der Waals surface area contributed by atoms with E-state index in [-0.39, 0.29) is 12.5 Å². The van der Waals surface area contributed by atoms with Gasteiger partial charge in [0.2, 0.25) is 11.8 Å². The minimum atomic E-state index is -0.539. The van der Waals surface area contributed by atoms with Crippen LogP contribution in [0.25, 0.3) is 0 Å². The molecule has 5 nitrogen and oxygen atoms in total. The normalized spacial score (nSPS) is 9.95. The number of benzene rings is 2. The summed E-state index contributed by atoms with van der Waals surface area (Å²) in [7, 11) is 0. The first-order valence-corrected chi connectivity index (χ1v) is 6.61. The van der Waals surface area contributed by atoms with Crippen LogP contribution in [-0.4, -0.2) is 18.4 Å². The molecule has 0 heterocycles. The molecular formula is C15H14ClN3O2. The fourth-order valence-corrected chi connectivity index (χ4v) is 1.93. The predicted molar refractivity (Wildman–Crippen MR) is 83.5 cm³/mol. The van der Waals surface area contributed by atoms with Crippen molar-refractivity contribution in [2.45, 2.75) is 0 Å². The third kappa shape index (κ3) is 4.50. The Morgan fingerprint density at radius 3 is 2.48 bits per heavy atom. The highest BCUT2D eigenvalue weighted by Crippen LogP contribution is 2.15. The van der Waals surface area contributed by atoms with E-state index < -0.39 is 5.91 Å². The molecule has 0 spiro atoms. The summed E-state index contributed by atoms with van der Waals surface area (Å²) in [6.45, 7) is 0.0845. The fourth-order valence-electron chi connectivity index (χ4n) is 1.74. The molecule has 0 bridgehead atoms. The van der Waals surface area contributed by atoms with Crippen LogP contribution in [0.2, 0.25) is 5.02 Å². The van der Waals surface area contributed by atoms with E-state index in [9.17, 15) is 9.59 Å². The van der Waals surface area contributed by atoms with Gasteiger partial charge in [-0.05, 0) is 36.4 Å². The Kier molecular flexibility index (Phi) is 4.79. The lowest BCUT2D eigenvalue weighted by Gasteiger charge is -2.08. The standard InChI is InChI=1S/C15H14ClN3O2/c16-11-4-2-5-12(8-11)18-9-14(20)19-13-6-1-3-10(7-13)15(17)21/h1-8,18H,9H2,(H2,17,21)(H,19,20). The Morgan fingerprint density at radius 1 is 1.05 bits per heavy atom. The summed E-state index contributed by atoms with van der Waals surface area (Å²) in [4.78, 5) is 22.9. The summed E-state index contributed by atoms with van der Waals surface area (Å²) in [5, 5.41) is 6.23. The molecule has 0 radical (unpaired) electrons. The highest BCUT2D eigenvalue weighted by molar-refractivity contribution is 6.30. The Labute approximate surface area is 127 Å². The van der Waals surface area contributed by atoms with Gasteiger partial charge in [0.1, 0.15) is 0 Å². The first kappa shape index (κ1) is 14.9. The molecule has 0 aromatic heterocycles. The van der Waals surface area contributed by atoms with Crippen LogP contribution in [0.1, 0.15) is 10.4 Å². The lowest BCUT2D eigenvalue weighted by Crippen LogP contribution is -2.22. The third-order valence-electron chi connectivity index (χ3n) is 2.71. The minimum absolute atomic E-state index is 0.0845. The second-order valence-corrected chi connectivity index (χ2v) is 4.79. The summed E-state index contributed by atoms with van der Waals surface area (Å²) < 4.78 is 0. The van der Waals surface area contributed by atoms with Crippen LogP contribution in [-0.2, 0) is 4.79 Å². The van der Waals surface area contributed by atoms with Crippen LogP contribution in [0, 0.1) is 0 Å². The molecule has 2 rings (SSSR count). The SMILES string of the molecule is NC(=O)c1cccc(NC(=O)CNc2cccc(Cl)c2)c1. The molecular weight excluding hydrogens is 290 g/mol. The van der Waals surface area contributed by atoms with E-state index in [1.165, 1.54) is 6.07 Å². The van der Waals surface area contributed by atoms with Gasteiger partial charge in [0.05, 0.1) is 6.54 Å². The van der Waals surface area contributed by atoms with E-state index in [1.807, 2.05) is 6.07 Å². The fraction of sp³-hybridized carbons (Fsp3) is 0.0667. The van der Waals surface area contributed by atoms with Crippen LogP contribution >= 0.6 is 11.6 Å². The molecule has 21 heavy (non-hydrogen) atoms. The maximum Gasteiger partial charge on any atom is 0.248 e. The van der Waals surface area contributed by atoms with Crippen molar-refractivity contribution in [3.63, 3.8) is 0 Å². The van der Waals surface area contributed by atoms with E-state index in [2.05, 4.69) is 10.6 Å². The summed E-state index contributed by atoms with van der Waals surface area (Å²) in [5.74, 6) is -0.778. The van der Waals surface area contributed by atoms with Gasteiger partial charge < -0.3 is 16.4 Å². The molecule has 0 aliphatic rings. The molecule has 4 N–H and O–H groups in total. The zero-order valence-corrected chi connectivity index (χ0v) is 11.9. The highest BCUT2D eigenvalue weighted by Gasteiger charge is 2.05. The summed E-state index contributed by atoms with van der Waals surface area (Å²) in [6, 6.07) is 13.5. The van der Waals surface area contributed by atoms with Crippen LogP contribution in [0.15, 0.2) is 48.5 Å². The van der Waals surface area contributed by atoms with E-state index in [4.69, 9.17) is 17.3 Å². The van der Waals surface area contributed by atoms with Crippen molar-refractivity contribution in [3.8, 4) is 0 Å². The molecule has 0 saturated carbocycles. The average molecular weight is 304 g/mol. The van der Waals surface area contributed by atoms with Gasteiger partial charge >= 0.3 is 0 Å². The summed E-state index contributed by atoms with van der Waals surface area (Å²) in [5.41, 5.74) is 6.80. The lowest BCUT2D eigenvalue weighted by molar-refractivity contribution is -0.114. The van der Waals surface area contributed by atoms with Crippen molar-refractivity contribution in [1.82, 2.24) is 0 Å². The second-order valence-electron chi connectivity index (χ2n) is 4.36. The number of hydrogen-bond acceptors (Lipinski definition) is 3. The molecule has 0 saturated heterocycles. The molecule has 0 unspecified atom stereocenters. The maximum absolute atomic E-state index is 11.8. The largest absolute Gasteiger partial charge is 0.376 e. The van der Waals surface area contributed by atoms with Gasteiger partial charge in [-0.25, -0.2) is 0 Å². The van der Waals surface area contributed by atoms with Crippen LogP contribution < -0.4 is 16.4 Å². The number of carbonyl (C=O) groups excluding carboxylic acids is 2. The minimum Gasteiger partial charge on any atom is -0.376 e. The Balaban J connectivity index is 1.93. The zero-order valence-electron chi connectivity index (χ0n) is 11.1. The monoisotopic (exact) mass is 303 g/mol. The van der Waals surface area contributed by atoms with Crippen molar-refractivity contribution in [1.29, 1.82) is 0 Å². The summed E-state index contributed by atoms with van der Waals surface area (Å²) >= 11 is 5.85. The van der Waals surface area contributed by atoms with Crippen molar-refractivity contribution in [3.05, 3.63) is 59.1 Å². The Morgan fingerprint density at radius 2 is 1.76 bits per heavy atom. The van der Waals surface area contributed by atoms with Gasteiger partial charge in [0, 0.05) is 22.0 Å². The van der Waals surface area contributed by atoms with Gasteiger partial charge in [0.15, 0.2) is 0 Å². The quantitative estimate of drug-likeness (QED) is 0.793. The summed E-state index contributed by atoms with van der Waals surface area (Å²) in [6.07, 6.45) is 0. The van der Waals surface area contributed by atoms with Crippen molar-refractivity contribution in [2.75, 3.05) is 17.2 Å². The number of hydrogen-bond donors (Lipinski definition) is 3. The number of amides is 2. The maximum atomic E-state index is 11.8. The van der Waals surface area contributed by atoms with Crippen LogP contribution in [0.5, 0.6) is 0 Å². The van der Waals surface area contributed by atoms with E-state index in [0.29, 0.717) is 16.3 Å². The molecule has 2 amide bonds. The Hall–Kier alpha value is -2.53. The second kappa shape index (κ2) is 6.76. The van der Waals surface area contributed by atoms with Gasteiger partial charge in [0.25, 0.3) is 0 Å². The number of nitrogens with one attached hydrogen (secondary N) is 2. The number of primary amides is 1. The molecule has 2 aromatic carbocycles. The Bertz CT molecular complexity index is 673. The van der Waals surface area contributed by atoms with E-state index in [0.717, 1.165) is 5.69 Å². The smallest absolute Gasteiger partial charge is 0.248 e. The lowest BCUT2D eigenvalue weighted by atomic mass is 10.2. The average Bonchev–Trinajstić information content (AvgIpc) is 2.45. The molecule has 108 valence electrons. The van der Waals surface area contributed by atoms with Crippen LogP contribution in [0.4, 0.5) is 11.4 Å². The van der Waals surface area contributed by atoms with E-state index >= 15 is 0 Å². The first-order valence-electron chi connectivity index (χ1n) is 6.24. The van der Waals surface area contributed by atoms with Crippen molar-refractivity contribution < 1.29 is 9.59 Å². The first-order chi connectivity index (χ1) is 10.0. The number of carbonyl (C=O) groups is 2. The number of anilines is 2. The van der Waals surface area contributed by atoms with Gasteiger partial charge in [-0.2, -0.15) is 0 Å². The third-order valence-corrected chi connectivity index (χ3v) is 2.94. The van der Waals surface area contributed by atoms with Gasteiger partial charge in [-0.15, -0.1) is 0 Å². The highest BCUT2D eigenvalue weighted by atomic mass is 35.5. The molecule has 0 aliphatic heterocycles.